The predicted octanol–water partition coefficient (Wildman–Crippen LogP) is 2.54. The molecule has 1 aromatic rings. The third-order valence-electron chi connectivity index (χ3n) is 2.32. The fourth-order valence-electron chi connectivity index (χ4n) is 1.58. The van der Waals surface area contributed by atoms with Crippen molar-refractivity contribution in [3.63, 3.8) is 0 Å². The van der Waals surface area contributed by atoms with Gasteiger partial charge in [0, 0.05) is 6.42 Å². The molecule has 0 heterocycles. The second-order valence-corrected chi connectivity index (χ2v) is 3.20. The molecule has 0 saturated heterocycles. The normalized spacial score (nSPS) is 14.7. The van der Waals surface area contributed by atoms with E-state index >= 15 is 0 Å². The van der Waals surface area contributed by atoms with Crippen molar-refractivity contribution < 1.29 is 9.84 Å². The lowest BCUT2D eigenvalue weighted by Gasteiger charge is -2.13. The second kappa shape index (κ2) is 3.13. The van der Waals surface area contributed by atoms with Crippen molar-refractivity contribution in [2.75, 3.05) is 7.11 Å². The first-order chi connectivity index (χ1) is 6.29. The molecule has 2 rings (SSSR count). The molecule has 1 aromatic carbocycles. The number of aryl methyl sites for hydroxylation is 1. The molecule has 0 spiro atoms. The van der Waals surface area contributed by atoms with E-state index in [2.05, 4.69) is 0 Å². The zero-order chi connectivity index (χ0) is 9.26. The van der Waals surface area contributed by atoms with Crippen LogP contribution in [0.5, 0.6) is 5.75 Å². The van der Waals surface area contributed by atoms with Gasteiger partial charge in [-0.25, -0.2) is 0 Å². The number of hydrogen-bond donors (Lipinski definition) is 1. The van der Waals surface area contributed by atoms with Crippen LogP contribution in [0.25, 0.3) is 6.08 Å². The maximum Gasteiger partial charge on any atom is 0.119 e. The summed E-state index contributed by atoms with van der Waals surface area (Å²) in [4.78, 5) is 0. The summed E-state index contributed by atoms with van der Waals surface area (Å²) in [5, 5.41) is 9.31. The average molecular weight is 176 g/mol. The Bertz CT molecular complexity index is 353. The first-order valence-corrected chi connectivity index (χ1v) is 4.36. The van der Waals surface area contributed by atoms with Gasteiger partial charge >= 0.3 is 0 Å². The molecule has 0 amide bonds. The van der Waals surface area contributed by atoms with Gasteiger partial charge in [-0.15, -0.1) is 0 Å². The number of rotatable bonds is 1. The standard InChI is InChI=1S/C11H12O2/c1-13-11-5-3-8-6-10(12)4-2-9(8)7-11/h3,5-7,12H,2,4H2,1H3. The van der Waals surface area contributed by atoms with Crippen LogP contribution < -0.4 is 4.74 Å². The molecular formula is C11H12O2. The van der Waals surface area contributed by atoms with E-state index in [1.807, 2.05) is 24.3 Å². The van der Waals surface area contributed by atoms with Gasteiger partial charge in [0.1, 0.15) is 5.75 Å². The number of benzene rings is 1. The number of ether oxygens (including phenoxy) is 1. The van der Waals surface area contributed by atoms with Gasteiger partial charge in [0.05, 0.1) is 12.9 Å². The van der Waals surface area contributed by atoms with Crippen LogP contribution >= 0.6 is 0 Å². The second-order valence-electron chi connectivity index (χ2n) is 3.20. The Hall–Kier alpha value is -1.44. The van der Waals surface area contributed by atoms with E-state index in [-0.39, 0.29) is 0 Å². The van der Waals surface area contributed by atoms with Gasteiger partial charge < -0.3 is 9.84 Å². The Kier molecular flexibility index (Phi) is 1.97. The van der Waals surface area contributed by atoms with Gasteiger partial charge in [0.25, 0.3) is 0 Å². The van der Waals surface area contributed by atoms with Crippen LogP contribution in [0, 0.1) is 0 Å². The predicted molar refractivity (Wildman–Crippen MR) is 51.9 cm³/mol. The van der Waals surface area contributed by atoms with Gasteiger partial charge in [-0.1, -0.05) is 6.07 Å². The van der Waals surface area contributed by atoms with E-state index in [1.54, 1.807) is 7.11 Å². The quantitative estimate of drug-likeness (QED) is 0.712. The number of aliphatic hydroxyl groups excluding tert-OH is 1. The fourth-order valence-corrected chi connectivity index (χ4v) is 1.58. The van der Waals surface area contributed by atoms with E-state index in [1.165, 1.54) is 5.56 Å². The number of aliphatic hydroxyl groups is 1. The van der Waals surface area contributed by atoms with Crippen LogP contribution in [-0.4, -0.2) is 12.2 Å². The maximum atomic E-state index is 9.31. The molecule has 2 heteroatoms. The molecule has 0 fully saturated rings. The van der Waals surface area contributed by atoms with E-state index in [0.717, 1.165) is 24.2 Å². The van der Waals surface area contributed by atoms with E-state index < -0.39 is 0 Å². The lowest BCUT2D eigenvalue weighted by atomic mass is 9.96. The summed E-state index contributed by atoms with van der Waals surface area (Å²) in [7, 11) is 1.66. The molecule has 0 aliphatic heterocycles. The van der Waals surface area contributed by atoms with Crippen molar-refractivity contribution in [2.24, 2.45) is 0 Å². The SMILES string of the molecule is COc1ccc2c(c1)CCC(O)=C2. The summed E-state index contributed by atoms with van der Waals surface area (Å²) in [6.45, 7) is 0. The van der Waals surface area contributed by atoms with Crippen molar-refractivity contribution in [2.45, 2.75) is 12.8 Å². The average Bonchev–Trinajstić information content (AvgIpc) is 2.17. The molecule has 0 unspecified atom stereocenters. The van der Waals surface area contributed by atoms with Crippen molar-refractivity contribution >= 4 is 6.08 Å². The van der Waals surface area contributed by atoms with Crippen LogP contribution in [0.2, 0.25) is 0 Å². The third-order valence-corrected chi connectivity index (χ3v) is 2.32. The molecule has 0 bridgehead atoms. The number of fused-ring (bicyclic) bond motifs is 1. The Morgan fingerprint density at radius 1 is 1.31 bits per heavy atom. The fraction of sp³-hybridized carbons (Fsp3) is 0.273. The molecule has 0 aromatic heterocycles. The Labute approximate surface area is 77.5 Å². The first-order valence-electron chi connectivity index (χ1n) is 4.36. The van der Waals surface area contributed by atoms with Gasteiger partial charge in [-0.2, -0.15) is 0 Å². The van der Waals surface area contributed by atoms with Crippen molar-refractivity contribution in [1.82, 2.24) is 0 Å². The summed E-state index contributed by atoms with van der Waals surface area (Å²) >= 11 is 0. The zero-order valence-electron chi connectivity index (χ0n) is 7.58. The number of allylic oxidation sites excluding steroid dienone is 1. The summed E-state index contributed by atoms with van der Waals surface area (Å²) in [5.41, 5.74) is 2.35. The molecule has 1 aliphatic carbocycles. The highest BCUT2D eigenvalue weighted by atomic mass is 16.5. The smallest absolute Gasteiger partial charge is 0.119 e. The van der Waals surface area contributed by atoms with Gasteiger partial charge in [-0.3, -0.25) is 0 Å². The van der Waals surface area contributed by atoms with Crippen molar-refractivity contribution in [1.29, 1.82) is 0 Å². The summed E-state index contributed by atoms with van der Waals surface area (Å²) < 4.78 is 5.12. The van der Waals surface area contributed by atoms with Crippen LogP contribution in [0.1, 0.15) is 17.5 Å². The minimum Gasteiger partial charge on any atom is -0.512 e. The van der Waals surface area contributed by atoms with Gasteiger partial charge in [0.2, 0.25) is 0 Å². The third kappa shape index (κ3) is 1.52. The summed E-state index contributed by atoms with van der Waals surface area (Å²) in [5.74, 6) is 1.35. The van der Waals surface area contributed by atoms with E-state index in [0.29, 0.717) is 5.76 Å². The molecule has 1 N–H and O–H groups in total. The summed E-state index contributed by atoms with van der Waals surface area (Å²) in [6.07, 6.45) is 3.45. The highest BCUT2D eigenvalue weighted by Gasteiger charge is 2.09. The molecule has 0 radical (unpaired) electrons. The minimum atomic E-state index is 0.470. The molecule has 0 saturated carbocycles. The topological polar surface area (TPSA) is 29.5 Å². The lowest BCUT2D eigenvalue weighted by molar-refractivity contribution is 0.390. The molecule has 2 nitrogen and oxygen atoms in total. The number of hydrogen-bond acceptors (Lipinski definition) is 2. The summed E-state index contributed by atoms with van der Waals surface area (Å²) in [6, 6.07) is 5.91. The maximum absolute atomic E-state index is 9.31. The number of methoxy groups -OCH3 is 1. The van der Waals surface area contributed by atoms with E-state index in [4.69, 9.17) is 4.74 Å². The highest BCUT2D eigenvalue weighted by molar-refractivity contribution is 5.59. The van der Waals surface area contributed by atoms with Crippen LogP contribution in [0.3, 0.4) is 0 Å². The lowest BCUT2D eigenvalue weighted by Crippen LogP contribution is -1.99. The first kappa shape index (κ1) is 8.17. The highest BCUT2D eigenvalue weighted by Crippen LogP contribution is 2.25. The Balaban J connectivity index is 2.43. The molecule has 1 aliphatic rings. The molecule has 13 heavy (non-hydrogen) atoms. The molecule has 68 valence electrons. The zero-order valence-corrected chi connectivity index (χ0v) is 7.58. The van der Waals surface area contributed by atoms with Gasteiger partial charge in [0.15, 0.2) is 0 Å². The van der Waals surface area contributed by atoms with E-state index in [9.17, 15) is 5.11 Å². The van der Waals surface area contributed by atoms with Crippen LogP contribution in [-0.2, 0) is 6.42 Å². The Morgan fingerprint density at radius 2 is 2.15 bits per heavy atom. The van der Waals surface area contributed by atoms with Crippen LogP contribution in [0.4, 0.5) is 0 Å². The van der Waals surface area contributed by atoms with Crippen molar-refractivity contribution in [3.8, 4) is 5.75 Å². The molecular weight excluding hydrogens is 164 g/mol. The Morgan fingerprint density at radius 3 is 2.92 bits per heavy atom. The molecule has 0 atom stereocenters. The minimum absolute atomic E-state index is 0.470. The largest absolute Gasteiger partial charge is 0.512 e. The van der Waals surface area contributed by atoms with Crippen LogP contribution in [0.15, 0.2) is 24.0 Å². The van der Waals surface area contributed by atoms with Gasteiger partial charge in [-0.05, 0) is 35.8 Å². The monoisotopic (exact) mass is 176 g/mol. The van der Waals surface area contributed by atoms with Crippen molar-refractivity contribution in [3.05, 3.63) is 35.1 Å².